The van der Waals surface area contributed by atoms with Crippen molar-refractivity contribution in [3.63, 3.8) is 0 Å². The lowest BCUT2D eigenvalue weighted by Crippen LogP contribution is -2.56. The zero-order chi connectivity index (χ0) is 43.7. The molecule has 20 nitrogen and oxygen atoms in total. The molecule has 0 saturated carbocycles. The SMILES string of the molecule is CCOC(=O)CNCC(=O)[C@H](CN(C)S(=O)(=O)c1ccccc1[N+](=O)[O-])NC(=O)[C@H](CCCNC(N)=NS(=O)(=O)c1c(C)c(C)c2c(c1C)CC(C)(C)O2)NC(C)=O. The molecule has 0 aromatic heterocycles. The number of para-hydroxylation sites is 1. The first-order chi connectivity index (χ1) is 26.9. The number of nitrogens with one attached hydrogen (secondary N) is 4. The minimum absolute atomic E-state index is 0.00555. The summed E-state index contributed by atoms with van der Waals surface area (Å²) >= 11 is 0. The highest BCUT2D eigenvalue weighted by atomic mass is 32.2. The minimum Gasteiger partial charge on any atom is -0.487 e. The van der Waals surface area contributed by atoms with E-state index < -0.39 is 95.9 Å². The third-order valence-electron chi connectivity index (χ3n) is 9.21. The van der Waals surface area contributed by atoms with Crippen LogP contribution in [0.3, 0.4) is 0 Å². The number of likely N-dealkylation sites (N-methyl/N-ethyl adjacent to an activating group) is 1. The third-order valence-corrected chi connectivity index (χ3v) is 12.6. The van der Waals surface area contributed by atoms with Gasteiger partial charge >= 0.3 is 5.97 Å². The van der Waals surface area contributed by atoms with Crippen LogP contribution in [0.1, 0.15) is 62.8 Å². The van der Waals surface area contributed by atoms with Gasteiger partial charge in [-0.15, -0.1) is 4.40 Å². The second-order valence-corrected chi connectivity index (χ2v) is 17.8. The van der Waals surface area contributed by atoms with Gasteiger partial charge in [-0.3, -0.25) is 34.6 Å². The van der Waals surface area contributed by atoms with Crippen LogP contribution in [0.5, 0.6) is 5.75 Å². The van der Waals surface area contributed by atoms with E-state index in [1.807, 2.05) is 13.8 Å². The Hall–Kier alpha value is -5.19. The number of rotatable bonds is 20. The molecule has 0 unspecified atom stereocenters. The normalized spacial score (nSPS) is 14.8. The van der Waals surface area contributed by atoms with Crippen LogP contribution in [0.15, 0.2) is 38.5 Å². The highest BCUT2D eigenvalue weighted by Gasteiger charge is 2.37. The van der Waals surface area contributed by atoms with E-state index in [4.69, 9.17) is 15.2 Å². The number of nitro groups is 1. The highest BCUT2D eigenvalue weighted by molar-refractivity contribution is 7.90. The number of nitro benzene ring substituents is 1. The number of carbonyl (C=O) groups excluding carboxylic acids is 4. The van der Waals surface area contributed by atoms with Crippen LogP contribution in [0.2, 0.25) is 0 Å². The van der Waals surface area contributed by atoms with E-state index in [0.29, 0.717) is 33.2 Å². The molecular formula is C36H52N8O12S2. The zero-order valence-electron chi connectivity index (χ0n) is 33.8. The van der Waals surface area contributed by atoms with Gasteiger partial charge in [-0.2, -0.15) is 12.7 Å². The number of fused-ring (bicyclic) bond motifs is 1. The maximum Gasteiger partial charge on any atom is 0.319 e. The number of nitrogens with zero attached hydrogens (tertiary/aromatic N) is 3. The number of nitrogens with two attached hydrogens (primary N) is 1. The molecule has 1 aliphatic rings. The van der Waals surface area contributed by atoms with Crippen molar-refractivity contribution in [2.75, 3.05) is 39.8 Å². The fourth-order valence-electron chi connectivity index (χ4n) is 6.35. The summed E-state index contributed by atoms with van der Waals surface area (Å²) < 4.78 is 69.3. The molecule has 0 aliphatic carbocycles. The molecule has 2 aromatic rings. The molecule has 1 heterocycles. The van der Waals surface area contributed by atoms with E-state index in [0.717, 1.165) is 31.7 Å². The number of ether oxygens (including phenoxy) is 2. The Kier molecular flexibility index (Phi) is 15.9. The molecule has 0 spiro atoms. The van der Waals surface area contributed by atoms with Crippen LogP contribution in [0.4, 0.5) is 5.69 Å². The van der Waals surface area contributed by atoms with E-state index >= 15 is 0 Å². The lowest BCUT2D eigenvalue weighted by molar-refractivity contribution is -0.387. The van der Waals surface area contributed by atoms with E-state index in [2.05, 4.69) is 25.7 Å². The topological polar surface area (TPSA) is 288 Å². The standard InChI is InChI=1S/C36H52N8O12S2/c1-9-55-31(47)19-38-18-29(46)27(20-43(8)58(53,54)30-15-11-10-14-28(30)44(49)50)41-34(48)26(40-24(5)45)13-12-16-39-35(37)42-57(51,52)33-22(3)21(2)32-25(23(33)4)17-36(6,7)56-32/h10-11,14-15,26-27,38H,9,12-13,16-20H2,1-8H3,(H,40,45)(H,41,48)(H3,37,39,42)/t26-,27-/m0/s1. The van der Waals surface area contributed by atoms with Crippen molar-refractivity contribution in [3.8, 4) is 5.75 Å². The van der Waals surface area contributed by atoms with Gasteiger partial charge in [0.15, 0.2) is 10.7 Å². The summed E-state index contributed by atoms with van der Waals surface area (Å²) in [6.45, 7) is 10.2. The quantitative estimate of drug-likeness (QED) is 0.0305. The Labute approximate surface area is 337 Å². The molecule has 0 saturated heterocycles. The van der Waals surface area contributed by atoms with Crippen LogP contribution in [0.25, 0.3) is 0 Å². The van der Waals surface area contributed by atoms with Gasteiger partial charge in [-0.1, -0.05) is 12.1 Å². The van der Waals surface area contributed by atoms with Crippen LogP contribution in [0, 0.1) is 30.9 Å². The van der Waals surface area contributed by atoms with Crippen molar-refractivity contribution in [2.45, 2.75) is 95.2 Å². The number of esters is 1. The summed E-state index contributed by atoms with van der Waals surface area (Å²) in [5.74, 6) is -2.70. The molecule has 2 atom stereocenters. The number of guanidine groups is 1. The zero-order valence-corrected chi connectivity index (χ0v) is 35.4. The van der Waals surface area contributed by atoms with Crippen molar-refractivity contribution in [2.24, 2.45) is 10.1 Å². The third kappa shape index (κ3) is 11.9. The van der Waals surface area contributed by atoms with Gasteiger partial charge in [0.1, 0.15) is 23.4 Å². The van der Waals surface area contributed by atoms with Crippen molar-refractivity contribution < 1.29 is 50.4 Å². The largest absolute Gasteiger partial charge is 0.487 e. The van der Waals surface area contributed by atoms with Crippen LogP contribution in [-0.4, -0.2) is 113 Å². The van der Waals surface area contributed by atoms with Crippen molar-refractivity contribution in [1.29, 1.82) is 0 Å². The fraction of sp³-hybridized carbons (Fsp3) is 0.528. The molecule has 2 aromatic carbocycles. The lowest BCUT2D eigenvalue weighted by atomic mass is 9.94. The molecule has 320 valence electrons. The number of hydrogen-bond donors (Lipinski definition) is 5. The first kappa shape index (κ1) is 47.2. The van der Waals surface area contributed by atoms with Gasteiger partial charge < -0.3 is 31.2 Å². The summed E-state index contributed by atoms with van der Waals surface area (Å²) in [5.41, 5.74) is 7.23. The predicted octanol–water partition coefficient (Wildman–Crippen LogP) is 0.639. The van der Waals surface area contributed by atoms with E-state index in [9.17, 15) is 46.1 Å². The Morgan fingerprint density at radius 2 is 1.69 bits per heavy atom. The monoisotopic (exact) mass is 852 g/mol. The van der Waals surface area contributed by atoms with Crippen LogP contribution in [-0.2, 0) is 50.4 Å². The van der Waals surface area contributed by atoms with Crippen molar-refractivity contribution in [1.82, 2.24) is 25.6 Å². The Morgan fingerprint density at radius 3 is 2.31 bits per heavy atom. The number of carbonyl (C=O) groups is 4. The first-order valence-corrected chi connectivity index (χ1v) is 21.1. The summed E-state index contributed by atoms with van der Waals surface area (Å²) in [4.78, 5) is 61.0. The molecule has 58 heavy (non-hydrogen) atoms. The van der Waals surface area contributed by atoms with Crippen LogP contribution >= 0.6 is 0 Å². The number of ketones is 1. The molecule has 6 N–H and O–H groups in total. The summed E-state index contributed by atoms with van der Waals surface area (Å²) in [6, 6.07) is 1.76. The molecule has 3 rings (SSSR count). The highest BCUT2D eigenvalue weighted by Crippen LogP contribution is 2.44. The molecule has 22 heteroatoms. The van der Waals surface area contributed by atoms with E-state index in [-0.39, 0.29) is 37.4 Å². The van der Waals surface area contributed by atoms with Gasteiger partial charge in [0, 0.05) is 45.1 Å². The number of sulfonamides is 2. The summed E-state index contributed by atoms with van der Waals surface area (Å²) in [6.07, 6.45) is 0.555. The lowest BCUT2D eigenvalue weighted by Gasteiger charge is -2.26. The average molecular weight is 853 g/mol. The molecule has 2 amide bonds. The maximum absolute atomic E-state index is 13.6. The Morgan fingerprint density at radius 1 is 1.03 bits per heavy atom. The average Bonchev–Trinajstić information content (AvgIpc) is 3.46. The first-order valence-electron chi connectivity index (χ1n) is 18.3. The maximum atomic E-state index is 13.6. The molecular weight excluding hydrogens is 801 g/mol. The van der Waals surface area contributed by atoms with Gasteiger partial charge in [-0.25, -0.2) is 8.42 Å². The molecule has 0 fully saturated rings. The van der Waals surface area contributed by atoms with Gasteiger partial charge in [0.05, 0.1) is 29.5 Å². The van der Waals surface area contributed by atoms with Crippen LogP contribution < -0.4 is 31.7 Å². The van der Waals surface area contributed by atoms with Crippen molar-refractivity contribution >= 4 is 55.3 Å². The molecule has 1 aliphatic heterocycles. The molecule has 0 radical (unpaired) electrons. The second kappa shape index (κ2) is 19.5. The Bertz CT molecular complexity index is 2180. The van der Waals surface area contributed by atoms with Gasteiger partial charge in [0.25, 0.3) is 15.7 Å². The Balaban J connectivity index is 1.77. The fourth-order valence-corrected chi connectivity index (χ4v) is 9.15. The second-order valence-electron chi connectivity index (χ2n) is 14.3. The molecule has 0 bridgehead atoms. The minimum atomic E-state index is -4.59. The number of benzene rings is 2. The summed E-state index contributed by atoms with van der Waals surface area (Å²) in [7, 11) is -7.81. The smallest absolute Gasteiger partial charge is 0.319 e. The van der Waals surface area contributed by atoms with E-state index in [1.54, 1.807) is 27.7 Å². The predicted molar refractivity (Wildman–Crippen MR) is 212 cm³/mol. The van der Waals surface area contributed by atoms with E-state index in [1.165, 1.54) is 12.1 Å². The number of Topliss-reactive ketones (excluding diaryl/α,β-unsaturated/α-hetero) is 1. The number of amides is 2. The summed E-state index contributed by atoms with van der Waals surface area (Å²) in [5, 5.41) is 21.8. The number of hydrogen-bond acceptors (Lipinski definition) is 13. The van der Waals surface area contributed by atoms with Crippen molar-refractivity contribution in [3.05, 3.63) is 56.6 Å². The van der Waals surface area contributed by atoms with Gasteiger partial charge in [-0.05, 0) is 77.1 Å². The van der Waals surface area contributed by atoms with Gasteiger partial charge in [0.2, 0.25) is 27.8 Å².